The highest BCUT2D eigenvalue weighted by Crippen LogP contribution is 2.53. The molecule has 9 nitrogen and oxygen atoms in total. The zero-order chi connectivity index (χ0) is 26.8. The van der Waals surface area contributed by atoms with Gasteiger partial charge in [0.05, 0.1) is 36.2 Å². The van der Waals surface area contributed by atoms with Crippen LogP contribution in [0.1, 0.15) is 52.4 Å². The molecule has 2 saturated heterocycles. The number of piperidine rings is 1. The number of alkyl carbamates (subject to hydrolysis) is 1. The Balaban J connectivity index is 1.20. The van der Waals surface area contributed by atoms with Gasteiger partial charge in [-0.3, -0.25) is 4.79 Å². The molecule has 1 aliphatic carbocycles. The van der Waals surface area contributed by atoms with E-state index in [2.05, 4.69) is 84.1 Å². The maximum atomic E-state index is 12.9. The van der Waals surface area contributed by atoms with Crippen LogP contribution in [0.4, 0.5) is 4.79 Å². The molecule has 0 radical (unpaired) electrons. The van der Waals surface area contributed by atoms with E-state index in [0.29, 0.717) is 5.92 Å². The molecule has 3 aromatic rings. The second kappa shape index (κ2) is 8.85. The molecular weight excluding hydrogens is 483 g/mol. The van der Waals surface area contributed by atoms with Crippen molar-refractivity contribution in [3.8, 4) is 11.3 Å². The van der Waals surface area contributed by atoms with Gasteiger partial charge in [-0.15, -0.1) is 0 Å². The minimum absolute atomic E-state index is 0.0848. The summed E-state index contributed by atoms with van der Waals surface area (Å²) in [5, 5.41) is 4.71. The maximum Gasteiger partial charge on any atom is 0.494 e. The van der Waals surface area contributed by atoms with Gasteiger partial charge in [0.25, 0.3) is 0 Å². The van der Waals surface area contributed by atoms with E-state index in [0.717, 1.165) is 46.2 Å². The molecule has 2 aromatic carbocycles. The van der Waals surface area contributed by atoms with Crippen LogP contribution in [0.3, 0.4) is 0 Å². The van der Waals surface area contributed by atoms with Gasteiger partial charge in [-0.25, -0.2) is 9.78 Å². The molecule has 3 heterocycles. The molecule has 1 aromatic heterocycles. The number of carbonyl (C=O) groups is 2. The molecule has 3 atom stereocenters. The third-order valence-electron chi connectivity index (χ3n) is 8.57. The third kappa shape index (κ3) is 4.25. The van der Waals surface area contributed by atoms with Crippen LogP contribution >= 0.6 is 0 Å². The van der Waals surface area contributed by atoms with Crippen LogP contribution in [0.15, 0.2) is 42.6 Å². The Morgan fingerprint density at radius 1 is 1.11 bits per heavy atom. The van der Waals surface area contributed by atoms with Crippen LogP contribution < -0.4 is 10.8 Å². The SMILES string of the molecule is COC(=O)NCC(=O)N1[C@@H]2C[C@@H]2C[C@H]1c1ncc(-c2ccc3cc(B4OC(C)(C)C(C)(C)O4)ccc3c2)[nH]1. The van der Waals surface area contributed by atoms with Crippen molar-refractivity contribution in [2.24, 2.45) is 5.92 Å². The molecule has 2 N–H and O–H groups in total. The van der Waals surface area contributed by atoms with Crippen molar-refractivity contribution in [3.05, 3.63) is 48.4 Å². The first-order valence-electron chi connectivity index (χ1n) is 13.1. The molecule has 0 bridgehead atoms. The Bertz CT molecular complexity index is 1400. The number of nitrogens with zero attached hydrogens (tertiary/aromatic N) is 2. The number of imidazole rings is 1. The summed E-state index contributed by atoms with van der Waals surface area (Å²) in [6, 6.07) is 12.7. The number of hydrogen-bond acceptors (Lipinski definition) is 6. The number of ether oxygens (including phenoxy) is 1. The first kappa shape index (κ1) is 24.9. The van der Waals surface area contributed by atoms with Crippen molar-refractivity contribution in [1.29, 1.82) is 0 Å². The van der Waals surface area contributed by atoms with Crippen LogP contribution in [0, 0.1) is 5.92 Å². The minimum atomic E-state index is -0.610. The first-order valence-corrected chi connectivity index (χ1v) is 13.1. The van der Waals surface area contributed by atoms with Crippen molar-refractivity contribution >= 4 is 35.4 Å². The number of benzene rings is 2. The zero-order valence-electron chi connectivity index (χ0n) is 22.4. The molecule has 0 unspecified atom stereocenters. The Hall–Kier alpha value is -3.37. The molecule has 3 fully saturated rings. The number of amides is 2. The van der Waals surface area contributed by atoms with Crippen LogP contribution in [0.25, 0.3) is 22.0 Å². The van der Waals surface area contributed by atoms with Crippen molar-refractivity contribution in [3.63, 3.8) is 0 Å². The molecule has 1 saturated carbocycles. The highest BCUT2D eigenvalue weighted by molar-refractivity contribution is 6.62. The molecule has 38 heavy (non-hydrogen) atoms. The van der Waals surface area contributed by atoms with Gasteiger partial charge in [0.1, 0.15) is 12.4 Å². The number of methoxy groups -OCH3 is 1. The molecule has 198 valence electrons. The van der Waals surface area contributed by atoms with Crippen LogP contribution in [0.5, 0.6) is 0 Å². The van der Waals surface area contributed by atoms with Crippen molar-refractivity contribution in [2.75, 3.05) is 13.7 Å². The second-order valence-electron chi connectivity index (χ2n) is 11.6. The topological polar surface area (TPSA) is 106 Å². The second-order valence-corrected chi connectivity index (χ2v) is 11.6. The Morgan fingerprint density at radius 3 is 2.55 bits per heavy atom. The van der Waals surface area contributed by atoms with Gasteiger partial charge < -0.3 is 29.2 Å². The smallest absolute Gasteiger partial charge is 0.453 e. The predicted molar refractivity (Wildman–Crippen MR) is 144 cm³/mol. The van der Waals surface area contributed by atoms with E-state index in [9.17, 15) is 9.59 Å². The van der Waals surface area contributed by atoms with E-state index in [1.165, 1.54) is 7.11 Å². The summed E-state index contributed by atoms with van der Waals surface area (Å²) in [5.41, 5.74) is 2.16. The van der Waals surface area contributed by atoms with Crippen molar-refractivity contribution in [2.45, 2.75) is 63.8 Å². The number of H-pyrrole nitrogens is 1. The molecule has 2 aliphatic heterocycles. The number of aromatic nitrogens is 2. The van der Waals surface area contributed by atoms with E-state index in [1.54, 1.807) is 0 Å². The van der Waals surface area contributed by atoms with Gasteiger partial charge in [0.15, 0.2) is 0 Å². The summed E-state index contributed by atoms with van der Waals surface area (Å²) in [7, 11) is 0.885. The minimum Gasteiger partial charge on any atom is -0.453 e. The van der Waals surface area contributed by atoms with Crippen molar-refractivity contribution in [1.82, 2.24) is 20.2 Å². The largest absolute Gasteiger partial charge is 0.494 e. The standard InChI is InChI=1S/C28H33BN4O5/c1-27(2)28(3,4)38-29(37-27)20-9-8-16-10-18(7-6-17(16)11-20)21-14-30-25(32-21)23-13-19-12-22(19)33(23)24(34)15-31-26(35)36-5/h6-11,14,19,22-23H,12-13,15H2,1-5H3,(H,30,32)(H,31,35)/t19-,22-,23+/m1/s1. The molecule has 2 amide bonds. The van der Waals surface area contributed by atoms with E-state index >= 15 is 0 Å². The zero-order valence-corrected chi connectivity index (χ0v) is 22.4. The Labute approximate surface area is 222 Å². The molecular formula is C28H33BN4O5. The summed E-state index contributed by atoms with van der Waals surface area (Å²) in [6.45, 7) is 8.15. The predicted octanol–water partition coefficient (Wildman–Crippen LogP) is 3.55. The number of nitrogens with one attached hydrogen (secondary N) is 2. The quantitative estimate of drug-likeness (QED) is 0.503. The number of hydrogen-bond donors (Lipinski definition) is 2. The fourth-order valence-electron chi connectivity index (χ4n) is 5.58. The van der Waals surface area contributed by atoms with Crippen LogP contribution in [-0.2, 0) is 18.8 Å². The normalized spacial score (nSPS) is 24.9. The van der Waals surface area contributed by atoms with Crippen molar-refractivity contribution < 1.29 is 23.6 Å². The lowest BCUT2D eigenvalue weighted by molar-refractivity contribution is -0.132. The average molecular weight is 516 g/mol. The highest BCUT2D eigenvalue weighted by Gasteiger charge is 2.55. The summed E-state index contributed by atoms with van der Waals surface area (Å²) >= 11 is 0. The fraction of sp³-hybridized carbons (Fsp3) is 0.464. The van der Waals surface area contributed by atoms with E-state index in [-0.39, 0.29) is 35.7 Å². The van der Waals surface area contributed by atoms with Gasteiger partial charge in [0, 0.05) is 11.6 Å². The van der Waals surface area contributed by atoms with E-state index in [1.807, 2.05) is 11.1 Å². The van der Waals surface area contributed by atoms with Gasteiger partial charge in [-0.05, 0) is 68.8 Å². The fourth-order valence-corrected chi connectivity index (χ4v) is 5.58. The van der Waals surface area contributed by atoms with Crippen LogP contribution in [0.2, 0.25) is 0 Å². The number of fused-ring (bicyclic) bond motifs is 2. The lowest BCUT2D eigenvalue weighted by Gasteiger charge is -2.32. The molecule has 6 rings (SSSR count). The molecule has 0 spiro atoms. The van der Waals surface area contributed by atoms with Gasteiger partial charge in [-0.1, -0.05) is 30.3 Å². The van der Waals surface area contributed by atoms with E-state index < -0.39 is 13.2 Å². The first-order chi connectivity index (χ1) is 18.1. The number of carbonyl (C=O) groups excluding carboxylic acids is 2. The maximum absolute atomic E-state index is 12.9. The van der Waals surface area contributed by atoms with Crippen LogP contribution in [-0.4, -0.2) is 64.9 Å². The third-order valence-corrected chi connectivity index (χ3v) is 8.57. The molecule has 3 aliphatic rings. The van der Waals surface area contributed by atoms with Gasteiger partial charge in [0.2, 0.25) is 5.91 Å². The summed E-state index contributed by atoms with van der Waals surface area (Å²) in [4.78, 5) is 34.3. The lowest BCUT2D eigenvalue weighted by atomic mass is 9.78. The highest BCUT2D eigenvalue weighted by atomic mass is 16.7. The average Bonchev–Trinajstić information content (AvgIpc) is 3.22. The Kier molecular flexibility index (Phi) is 5.81. The monoisotopic (exact) mass is 516 g/mol. The molecule has 10 heteroatoms. The summed E-state index contributed by atoms with van der Waals surface area (Å²) in [5.74, 6) is 1.15. The lowest BCUT2D eigenvalue weighted by Crippen LogP contribution is -2.41. The number of likely N-dealkylation sites (tertiary alicyclic amines) is 1. The van der Waals surface area contributed by atoms with E-state index in [4.69, 9.17) is 9.31 Å². The summed E-state index contributed by atoms with van der Waals surface area (Å²) in [6.07, 6.45) is 3.10. The van der Waals surface area contributed by atoms with Gasteiger partial charge >= 0.3 is 13.2 Å². The number of aromatic amines is 1. The Morgan fingerprint density at radius 2 is 1.82 bits per heavy atom. The summed E-state index contributed by atoms with van der Waals surface area (Å²) < 4.78 is 17.0. The number of rotatable bonds is 5. The van der Waals surface area contributed by atoms with Gasteiger partial charge in [-0.2, -0.15) is 0 Å².